The fraction of sp³-hybridized carbons (Fsp3) is 0.286. The van der Waals surface area contributed by atoms with Crippen molar-refractivity contribution in [3.05, 3.63) is 23.2 Å². The third-order valence-electron chi connectivity index (χ3n) is 1.86. The molecule has 2 heterocycles. The summed E-state index contributed by atoms with van der Waals surface area (Å²) in [5.74, 6) is 0. The number of nitrogens with zero attached hydrogens (tertiary/aromatic N) is 5. The summed E-state index contributed by atoms with van der Waals surface area (Å²) >= 11 is 5.96. The molecule has 0 bridgehead atoms. The van der Waals surface area contributed by atoms with Crippen LogP contribution in [-0.4, -0.2) is 29.9 Å². The van der Waals surface area contributed by atoms with Crippen molar-refractivity contribution >= 4 is 11.6 Å². The van der Waals surface area contributed by atoms with Gasteiger partial charge >= 0.3 is 0 Å². The van der Waals surface area contributed by atoms with Crippen molar-refractivity contribution in [3.8, 4) is 5.69 Å². The van der Waals surface area contributed by atoms with E-state index in [2.05, 4.69) is 15.4 Å². The lowest BCUT2D eigenvalue weighted by Crippen LogP contribution is -2.02. The van der Waals surface area contributed by atoms with Crippen LogP contribution in [0.1, 0.15) is 5.69 Å². The van der Waals surface area contributed by atoms with E-state index in [1.807, 2.05) is 0 Å². The SMILES string of the molecule is Cn1ncc(-n2nncc2CO)c1Cl. The lowest BCUT2D eigenvalue weighted by molar-refractivity contribution is 0.273. The van der Waals surface area contributed by atoms with E-state index in [0.29, 0.717) is 16.5 Å². The molecule has 74 valence electrons. The van der Waals surface area contributed by atoms with Crippen LogP contribution in [0, 0.1) is 0 Å². The second-order valence-corrected chi connectivity index (χ2v) is 3.10. The van der Waals surface area contributed by atoms with Gasteiger partial charge in [0, 0.05) is 7.05 Å². The highest BCUT2D eigenvalue weighted by atomic mass is 35.5. The summed E-state index contributed by atoms with van der Waals surface area (Å²) in [7, 11) is 1.72. The molecule has 0 aliphatic carbocycles. The van der Waals surface area contributed by atoms with Gasteiger partial charge in [-0.1, -0.05) is 16.8 Å². The van der Waals surface area contributed by atoms with Crippen molar-refractivity contribution in [2.24, 2.45) is 7.05 Å². The Balaban J connectivity index is 2.54. The Morgan fingerprint density at radius 2 is 2.29 bits per heavy atom. The summed E-state index contributed by atoms with van der Waals surface area (Å²) in [6.07, 6.45) is 3.04. The summed E-state index contributed by atoms with van der Waals surface area (Å²) < 4.78 is 2.97. The van der Waals surface area contributed by atoms with Gasteiger partial charge in [-0.15, -0.1) is 5.10 Å². The molecule has 0 aliphatic heterocycles. The van der Waals surface area contributed by atoms with Crippen molar-refractivity contribution in [1.82, 2.24) is 24.8 Å². The smallest absolute Gasteiger partial charge is 0.152 e. The highest BCUT2D eigenvalue weighted by Crippen LogP contribution is 2.19. The van der Waals surface area contributed by atoms with Crippen molar-refractivity contribution in [2.45, 2.75) is 6.61 Å². The van der Waals surface area contributed by atoms with E-state index in [-0.39, 0.29) is 6.61 Å². The van der Waals surface area contributed by atoms with Gasteiger partial charge in [-0.25, -0.2) is 4.68 Å². The minimum atomic E-state index is -0.141. The van der Waals surface area contributed by atoms with Gasteiger partial charge in [0.1, 0.15) is 5.69 Å². The molecule has 2 aromatic rings. The molecule has 0 atom stereocenters. The lowest BCUT2D eigenvalue weighted by Gasteiger charge is -2.00. The van der Waals surface area contributed by atoms with Crippen LogP contribution in [-0.2, 0) is 13.7 Å². The molecule has 0 unspecified atom stereocenters. The number of aliphatic hydroxyl groups excluding tert-OH is 1. The molecule has 2 aromatic heterocycles. The third kappa shape index (κ3) is 1.28. The van der Waals surface area contributed by atoms with Crippen molar-refractivity contribution in [3.63, 3.8) is 0 Å². The molecular formula is C7H8ClN5O. The van der Waals surface area contributed by atoms with Gasteiger partial charge in [-0.2, -0.15) is 5.10 Å². The average Bonchev–Trinajstić information content (AvgIpc) is 2.75. The molecule has 0 amide bonds. The molecule has 2 rings (SSSR count). The van der Waals surface area contributed by atoms with Crippen LogP contribution in [0.25, 0.3) is 5.69 Å². The van der Waals surface area contributed by atoms with Gasteiger partial charge < -0.3 is 5.11 Å². The minimum absolute atomic E-state index is 0.141. The Bertz CT molecular complexity index is 449. The Morgan fingerprint density at radius 1 is 1.50 bits per heavy atom. The van der Waals surface area contributed by atoms with E-state index in [4.69, 9.17) is 16.7 Å². The second kappa shape index (κ2) is 3.39. The van der Waals surface area contributed by atoms with Gasteiger partial charge in [-0.3, -0.25) is 4.68 Å². The predicted octanol–water partition coefficient (Wildman–Crippen LogP) is 0.146. The topological polar surface area (TPSA) is 68.8 Å². The Labute approximate surface area is 84.7 Å². The summed E-state index contributed by atoms with van der Waals surface area (Å²) in [5.41, 5.74) is 1.18. The lowest BCUT2D eigenvalue weighted by atomic mass is 10.4. The first-order chi connectivity index (χ1) is 6.74. The summed E-state index contributed by atoms with van der Waals surface area (Å²) in [4.78, 5) is 0. The minimum Gasteiger partial charge on any atom is -0.390 e. The van der Waals surface area contributed by atoms with Crippen LogP contribution in [0.5, 0.6) is 0 Å². The zero-order valence-corrected chi connectivity index (χ0v) is 8.18. The molecule has 0 saturated heterocycles. The van der Waals surface area contributed by atoms with E-state index in [1.165, 1.54) is 15.6 Å². The van der Waals surface area contributed by atoms with Crippen molar-refractivity contribution in [2.75, 3.05) is 0 Å². The van der Waals surface area contributed by atoms with Crippen molar-refractivity contribution in [1.29, 1.82) is 0 Å². The van der Waals surface area contributed by atoms with E-state index in [9.17, 15) is 0 Å². The maximum atomic E-state index is 9.00. The number of aliphatic hydroxyl groups is 1. The number of halogens is 1. The monoisotopic (exact) mass is 213 g/mol. The molecule has 0 spiro atoms. The van der Waals surface area contributed by atoms with Crippen LogP contribution in [0.15, 0.2) is 12.4 Å². The zero-order valence-electron chi connectivity index (χ0n) is 7.42. The highest BCUT2D eigenvalue weighted by molar-refractivity contribution is 6.31. The maximum absolute atomic E-state index is 9.00. The molecule has 0 aromatic carbocycles. The van der Waals surface area contributed by atoms with Crippen LogP contribution in [0.2, 0.25) is 5.15 Å². The van der Waals surface area contributed by atoms with Gasteiger partial charge in [0.25, 0.3) is 0 Å². The molecular weight excluding hydrogens is 206 g/mol. The number of rotatable bonds is 2. The fourth-order valence-electron chi connectivity index (χ4n) is 1.12. The van der Waals surface area contributed by atoms with Crippen molar-refractivity contribution < 1.29 is 5.11 Å². The normalized spacial score (nSPS) is 10.8. The maximum Gasteiger partial charge on any atom is 0.152 e. The first-order valence-electron chi connectivity index (χ1n) is 3.92. The molecule has 0 radical (unpaired) electrons. The first kappa shape index (κ1) is 9.17. The molecule has 14 heavy (non-hydrogen) atoms. The molecule has 1 N–H and O–H groups in total. The quantitative estimate of drug-likeness (QED) is 0.771. The number of aryl methyl sites for hydroxylation is 1. The Morgan fingerprint density at radius 3 is 2.86 bits per heavy atom. The van der Waals surface area contributed by atoms with Crippen LogP contribution < -0.4 is 0 Å². The van der Waals surface area contributed by atoms with Crippen LogP contribution >= 0.6 is 11.6 Å². The number of hydrogen-bond acceptors (Lipinski definition) is 4. The predicted molar refractivity (Wildman–Crippen MR) is 49.1 cm³/mol. The van der Waals surface area contributed by atoms with Gasteiger partial charge in [0.2, 0.25) is 0 Å². The second-order valence-electron chi connectivity index (χ2n) is 2.74. The fourth-order valence-corrected chi connectivity index (χ4v) is 1.29. The summed E-state index contributed by atoms with van der Waals surface area (Å²) in [6, 6.07) is 0. The van der Waals surface area contributed by atoms with E-state index < -0.39 is 0 Å². The summed E-state index contributed by atoms with van der Waals surface area (Å²) in [6.45, 7) is -0.141. The number of hydrogen-bond donors (Lipinski definition) is 1. The Hall–Kier alpha value is -1.40. The van der Waals surface area contributed by atoms with E-state index in [0.717, 1.165) is 0 Å². The van der Waals surface area contributed by atoms with Gasteiger partial charge in [0.15, 0.2) is 5.15 Å². The highest BCUT2D eigenvalue weighted by Gasteiger charge is 2.12. The van der Waals surface area contributed by atoms with Crippen LogP contribution in [0.3, 0.4) is 0 Å². The largest absolute Gasteiger partial charge is 0.390 e. The average molecular weight is 214 g/mol. The first-order valence-corrected chi connectivity index (χ1v) is 4.30. The zero-order chi connectivity index (χ0) is 10.1. The van der Waals surface area contributed by atoms with Crippen LogP contribution in [0.4, 0.5) is 0 Å². The van der Waals surface area contributed by atoms with Gasteiger partial charge in [-0.05, 0) is 0 Å². The Kier molecular flexibility index (Phi) is 2.22. The molecule has 0 aliphatic rings. The summed E-state index contributed by atoms with van der Waals surface area (Å²) in [5, 5.41) is 20.9. The standard InChI is InChI=1S/C7H8ClN5O/c1-12-7(8)6(3-10-12)13-5(4-14)2-9-11-13/h2-3,14H,4H2,1H3. The van der Waals surface area contributed by atoms with Gasteiger partial charge in [0.05, 0.1) is 24.7 Å². The molecule has 7 heteroatoms. The van der Waals surface area contributed by atoms with E-state index >= 15 is 0 Å². The number of aromatic nitrogens is 5. The third-order valence-corrected chi connectivity index (χ3v) is 2.30. The van der Waals surface area contributed by atoms with E-state index in [1.54, 1.807) is 13.2 Å². The molecule has 0 fully saturated rings. The molecule has 6 nitrogen and oxygen atoms in total. The molecule has 0 saturated carbocycles.